The van der Waals surface area contributed by atoms with Crippen molar-refractivity contribution in [1.82, 2.24) is 24.3 Å². The van der Waals surface area contributed by atoms with E-state index in [1.807, 2.05) is 29.1 Å². The van der Waals surface area contributed by atoms with Crippen molar-refractivity contribution in [3.05, 3.63) is 47.2 Å². The van der Waals surface area contributed by atoms with Crippen LogP contribution in [0.5, 0.6) is 0 Å². The van der Waals surface area contributed by atoms with E-state index < -0.39 is 0 Å². The first kappa shape index (κ1) is 16.6. The molecule has 5 rings (SSSR count). The number of nitrogens with zero attached hydrogens (tertiary/aromatic N) is 7. The summed E-state index contributed by atoms with van der Waals surface area (Å²) in [5, 5.41) is 0. The molecular weight excluding hydrogens is 406 g/mol. The lowest BCUT2D eigenvalue weighted by atomic mass is 9.95. The molecule has 7 nitrogen and oxygen atoms in total. The van der Waals surface area contributed by atoms with Crippen LogP contribution >= 0.6 is 15.9 Å². The Labute approximate surface area is 165 Å². The van der Waals surface area contributed by atoms with Crippen LogP contribution in [0.1, 0.15) is 19.3 Å². The summed E-state index contributed by atoms with van der Waals surface area (Å²) in [7, 11) is 0. The van der Waals surface area contributed by atoms with Gasteiger partial charge in [0.1, 0.15) is 16.1 Å². The molecule has 0 spiro atoms. The van der Waals surface area contributed by atoms with Gasteiger partial charge in [0, 0.05) is 49.7 Å². The third kappa shape index (κ3) is 3.14. The average molecular weight is 424 g/mol. The summed E-state index contributed by atoms with van der Waals surface area (Å²) in [6.45, 7) is 1.95. The minimum Gasteiger partial charge on any atom is -0.356 e. The van der Waals surface area contributed by atoms with Gasteiger partial charge in [0.2, 0.25) is 0 Å². The first-order chi connectivity index (χ1) is 13.3. The SMILES string of the molecule is Brc1cn2c(-c3nccc(N4CCCC(C5=CCC=N5)C4)n3)cnc2cn1. The van der Waals surface area contributed by atoms with E-state index in [4.69, 9.17) is 4.98 Å². The Morgan fingerprint density at radius 1 is 1.15 bits per heavy atom. The molecule has 3 aromatic rings. The van der Waals surface area contributed by atoms with Crippen LogP contribution in [0, 0.1) is 5.92 Å². The predicted octanol–water partition coefficient (Wildman–Crippen LogP) is 3.52. The fraction of sp³-hybridized carbons (Fsp3) is 0.316. The first-order valence-corrected chi connectivity index (χ1v) is 9.87. The van der Waals surface area contributed by atoms with Crippen molar-refractivity contribution >= 4 is 33.6 Å². The molecular formula is C19H18BrN7. The Balaban J connectivity index is 1.46. The number of piperidine rings is 1. The van der Waals surface area contributed by atoms with Crippen molar-refractivity contribution < 1.29 is 0 Å². The zero-order valence-electron chi connectivity index (χ0n) is 14.7. The van der Waals surface area contributed by atoms with Crippen LogP contribution in [0.25, 0.3) is 17.2 Å². The standard InChI is InChI=1S/C19H18BrN7/c20-16-12-27-15(9-24-18(27)10-23-16)19-22-7-5-17(25-19)26-8-2-3-13(11-26)14-4-1-6-21-14/h4-7,9-10,12-13H,1-3,8,11H2. The highest BCUT2D eigenvalue weighted by atomic mass is 79.9. The van der Waals surface area contributed by atoms with E-state index in [1.54, 1.807) is 12.4 Å². The number of imidazole rings is 1. The highest BCUT2D eigenvalue weighted by Crippen LogP contribution is 2.29. The maximum absolute atomic E-state index is 4.84. The molecule has 0 bridgehead atoms. The van der Waals surface area contributed by atoms with Gasteiger partial charge in [-0.25, -0.2) is 19.9 Å². The second-order valence-corrected chi connectivity index (χ2v) is 7.59. The van der Waals surface area contributed by atoms with Gasteiger partial charge in [-0.1, -0.05) is 6.08 Å². The fourth-order valence-corrected chi connectivity index (χ4v) is 4.07. The number of rotatable bonds is 3. The number of hydrogen-bond donors (Lipinski definition) is 0. The molecule has 0 amide bonds. The van der Waals surface area contributed by atoms with E-state index in [2.05, 4.69) is 46.9 Å². The first-order valence-electron chi connectivity index (χ1n) is 9.07. The molecule has 3 aromatic heterocycles. The maximum Gasteiger partial charge on any atom is 0.180 e. The zero-order valence-corrected chi connectivity index (χ0v) is 16.2. The summed E-state index contributed by atoms with van der Waals surface area (Å²) in [4.78, 5) is 24.8. The minimum atomic E-state index is 0.480. The van der Waals surface area contributed by atoms with E-state index in [0.29, 0.717) is 11.7 Å². The largest absolute Gasteiger partial charge is 0.356 e. The van der Waals surface area contributed by atoms with E-state index >= 15 is 0 Å². The third-order valence-electron chi connectivity index (χ3n) is 5.07. The van der Waals surface area contributed by atoms with E-state index in [-0.39, 0.29) is 0 Å². The van der Waals surface area contributed by atoms with Gasteiger partial charge in [0.15, 0.2) is 11.5 Å². The maximum atomic E-state index is 4.84. The smallest absolute Gasteiger partial charge is 0.180 e. The van der Waals surface area contributed by atoms with Crippen LogP contribution in [-0.2, 0) is 0 Å². The van der Waals surface area contributed by atoms with Gasteiger partial charge in [-0.2, -0.15) is 0 Å². The Morgan fingerprint density at radius 3 is 3.00 bits per heavy atom. The number of anilines is 1. The van der Waals surface area contributed by atoms with Crippen molar-refractivity contribution in [3.63, 3.8) is 0 Å². The second kappa shape index (κ2) is 6.84. The summed E-state index contributed by atoms with van der Waals surface area (Å²) in [6, 6.07) is 1.98. The molecule has 27 heavy (non-hydrogen) atoms. The Kier molecular flexibility index (Phi) is 4.20. The summed E-state index contributed by atoms with van der Waals surface area (Å²) >= 11 is 3.41. The monoisotopic (exact) mass is 423 g/mol. The van der Waals surface area contributed by atoms with Gasteiger partial charge in [0.25, 0.3) is 0 Å². The molecule has 0 radical (unpaired) electrons. The normalized spacial score (nSPS) is 19.7. The predicted molar refractivity (Wildman–Crippen MR) is 108 cm³/mol. The van der Waals surface area contributed by atoms with Crippen LogP contribution in [0.4, 0.5) is 5.82 Å². The van der Waals surface area contributed by atoms with Crippen molar-refractivity contribution in [2.75, 3.05) is 18.0 Å². The molecule has 1 unspecified atom stereocenters. The highest BCUT2D eigenvalue weighted by molar-refractivity contribution is 9.10. The van der Waals surface area contributed by atoms with E-state index in [9.17, 15) is 0 Å². The summed E-state index contributed by atoms with van der Waals surface area (Å²) in [5.74, 6) is 2.10. The fourth-order valence-electron chi connectivity index (χ4n) is 3.76. The average Bonchev–Trinajstić information content (AvgIpc) is 3.38. The van der Waals surface area contributed by atoms with Gasteiger partial charge in [-0.05, 0) is 34.8 Å². The summed E-state index contributed by atoms with van der Waals surface area (Å²) in [6.07, 6.45) is 14.7. The molecule has 2 aliphatic heterocycles. The number of hydrogen-bond acceptors (Lipinski definition) is 6. The van der Waals surface area contributed by atoms with Crippen LogP contribution < -0.4 is 4.90 Å². The molecule has 0 aromatic carbocycles. The van der Waals surface area contributed by atoms with Crippen molar-refractivity contribution in [2.24, 2.45) is 10.9 Å². The van der Waals surface area contributed by atoms with E-state index in [1.165, 1.54) is 12.1 Å². The lowest BCUT2D eigenvalue weighted by Gasteiger charge is -2.33. The summed E-state index contributed by atoms with van der Waals surface area (Å²) < 4.78 is 2.70. The van der Waals surface area contributed by atoms with Crippen LogP contribution in [-0.4, -0.2) is 43.6 Å². The number of fused-ring (bicyclic) bond motifs is 1. The Hall–Kier alpha value is -2.61. The summed E-state index contributed by atoms with van der Waals surface area (Å²) in [5.41, 5.74) is 2.85. The van der Waals surface area contributed by atoms with Crippen molar-refractivity contribution in [2.45, 2.75) is 19.3 Å². The molecule has 2 aliphatic rings. The highest BCUT2D eigenvalue weighted by Gasteiger charge is 2.25. The minimum absolute atomic E-state index is 0.480. The molecule has 5 heterocycles. The molecule has 0 aliphatic carbocycles. The lowest BCUT2D eigenvalue weighted by Crippen LogP contribution is -2.36. The Bertz CT molecular complexity index is 1060. The van der Waals surface area contributed by atoms with Gasteiger partial charge in [0.05, 0.1) is 12.4 Å². The van der Waals surface area contributed by atoms with Crippen molar-refractivity contribution in [1.29, 1.82) is 0 Å². The molecule has 1 saturated heterocycles. The van der Waals surface area contributed by atoms with Gasteiger partial charge in [-0.3, -0.25) is 9.39 Å². The van der Waals surface area contributed by atoms with Gasteiger partial charge < -0.3 is 4.90 Å². The Morgan fingerprint density at radius 2 is 2.11 bits per heavy atom. The van der Waals surface area contributed by atoms with Crippen LogP contribution in [0.15, 0.2) is 52.2 Å². The van der Waals surface area contributed by atoms with Crippen LogP contribution in [0.2, 0.25) is 0 Å². The number of halogens is 1. The number of allylic oxidation sites excluding steroid dienone is 1. The third-order valence-corrected chi connectivity index (χ3v) is 5.48. The van der Waals surface area contributed by atoms with E-state index in [0.717, 1.165) is 47.7 Å². The van der Waals surface area contributed by atoms with Gasteiger partial charge >= 0.3 is 0 Å². The molecule has 1 atom stereocenters. The number of aliphatic imine (C=N–C) groups is 1. The van der Waals surface area contributed by atoms with Gasteiger partial charge in [-0.15, -0.1) is 0 Å². The molecule has 0 saturated carbocycles. The zero-order chi connectivity index (χ0) is 18.2. The molecule has 1 fully saturated rings. The topological polar surface area (TPSA) is 71.6 Å². The molecule has 8 heteroatoms. The van der Waals surface area contributed by atoms with Crippen LogP contribution in [0.3, 0.4) is 0 Å². The second-order valence-electron chi connectivity index (χ2n) is 6.78. The molecule has 136 valence electrons. The quantitative estimate of drug-likeness (QED) is 0.644. The lowest BCUT2D eigenvalue weighted by molar-refractivity contribution is 0.461. The molecule has 0 N–H and O–H groups in total. The van der Waals surface area contributed by atoms with Crippen molar-refractivity contribution in [3.8, 4) is 11.5 Å². The number of aromatic nitrogens is 5.